The molecule has 0 unspecified atom stereocenters. The van der Waals surface area contributed by atoms with Crippen molar-refractivity contribution in [2.24, 2.45) is 5.92 Å². The van der Waals surface area contributed by atoms with Crippen LogP contribution in [0.5, 0.6) is 0 Å². The highest BCUT2D eigenvalue weighted by Crippen LogP contribution is 2.19. The first-order chi connectivity index (χ1) is 7.95. The average Bonchev–Trinajstić information content (AvgIpc) is 2.29. The van der Waals surface area contributed by atoms with Gasteiger partial charge in [0.2, 0.25) is 0 Å². The Kier molecular flexibility index (Phi) is 4.93. The topological polar surface area (TPSA) is 62.2 Å². The van der Waals surface area contributed by atoms with Crippen LogP contribution in [0.1, 0.15) is 25.8 Å². The summed E-state index contributed by atoms with van der Waals surface area (Å²) in [6.07, 6.45) is 2.48. The number of nitrogens with one attached hydrogen (secondary N) is 1. The molecule has 0 spiro atoms. The van der Waals surface area contributed by atoms with Gasteiger partial charge in [-0.25, -0.2) is 9.78 Å². The number of carbonyl (C=O) groups is 1. The van der Waals surface area contributed by atoms with E-state index >= 15 is 0 Å². The van der Waals surface area contributed by atoms with E-state index in [4.69, 9.17) is 5.11 Å². The summed E-state index contributed by atoms with van der Waals surface area (Å²) in [6.45, 7) is 5.83. The minimum atomic E-state index is -0.846. The standard InChI is InChI=1S/C12H17BrN2O2/c1-4-7(2)11(12(16)17)15-10-5-8(3)9(13)6-14-10/h5-7,11H,4H2,1-3H3,(H,14,15)(H,16,17)/t7-,11-/m0/s1. The van der Waals surface area contributed by atoms with Crippen LogP contribution in [0.3, 0.4) is 0 Å². The fourth-order valence-electron chi connectivity index (χ4n) is 1.46. The first kappa shape index (κ1) is 14.0. The molecule has 0 radical (unpaired) electrons. The summed E-state index contributed by atoms with van der Waals surface area (Å²) in [6, 6.07) is 1.23. The molecular weight excluding hydrogens is 284 g/mol. The van der Waals surface area contributed by atoms with E-state index in [1.54, 1.807) is 6.20 Å². The van der Waals surface area contributed by atoms with Gasteiger partial charge in [0.1, 0.15) is 11.9 Å². The van der Waals surface area contributed by atoms with Gasteiger partial charge in [-0.15, -0.1) is 0 Å². The van der Waals surface area contributed by atoms with E-state index in [1.807, 2.05) is 26.8 Å². The lowest BCUT2D eigenvalue weighted by Crippen LogP contribution is -2.35. The van der Waals surface area contributed by atoms with Crippen molar-refractivity contribution in [3.8, 4) is 0 Å². The largest absolute Gasteiger partial charge is 0.480 e. The summed E-state index contributed by atoms with van der Waals surface area (Å²) in [5, 5.41) is 12.1. The number of hydrogen-bond donors (Lipinski definition) is 2. The number of carboxylic acids is 1. The molecule has 0 amide bonds. The summed E-state index contributed by atoms with van der Waals surface area (Å²) < 4.78 is 0.915. The number of halogens is 1. The summed E-state index contributed by atoms with van der Waals surface area (Å²) >= 11 is 3.36. The molecule has 0 aromatic carbocycles. The third-order valence-corrected chi connectivity index (χ3v) is 3.66. The Labute approximate surface area is 110 Å². The molecule has 0 aliphatic heterocycles. The highest BCUT2D eigenvalue weighted by atomic mass is 79.9. The monoisotopic (exact) mass is 300 g/mol. The Bertz CT molecular complexity index is 409. The smallest absolute Gasteiger partial charge is 0.326 e. The van der Waals surface area contributed by atoms with Crippen LogP contribution in [-0.4, -0.2) is 22.1 Å². The van der Waals surface area contributed by atoms with Crippen molar-refractivity contribution in [1.29, 1.82) is 0 Å². The molecule has 0 saturated carbocycles. The van der Waals surface area contributed by atoms with Crippen LogP contribution in [0, 0.1) is 12.8 Å². The normalized spacial score (nSPS) is 14.1. The molecule has 2 N–H and O–H groups in total. The number of hydrogen-bond acceptors (Lipinski definition) is 3. The SMILES string of the molecule is CC[C@H](C)[C@H](Nc1cc(C)c(Br)cn1)C(=O)O. The molecule has 0 bridgehead atoms. The summed E-state index contributed by atoms with van der Waals surface area (Å²) in [5.74, 6) is -0.196. The number of rotatable bonds is 5. The number of nitrogens with zero attached hydrogens (tertiary/aromatic N) is 1. The average molecular weight is 301 g/mol. The third-order valence-electron chi connectivity index (χ3n) is 2.83. The zero-order chi connectivity index (χ0) is 13.0. The fourth-order valence-corrected chi connectivity index (χ4v) is 1.68. The van der Waals surface area contributed by atoms with E-state index in [9.17, 15) is 4.79 Å². The van der Waals surface area contributed by atoms with E-state index in [2.05, 4.69) is 26.2 Å². The second-order valence-corrected chi connectivity index (χ2v) is 5.02. The van der Waals surface area contributed by atoms with Crippen molar-refractivity contribution in [3.05, 3.63) is 22.3 Å². The van der Waals surface area contributed by atoms with Crippen molar-refractivity contribution >= 4 is 27.7 Å². The van der Waals surface area contributed by atoms with Crippen LogP contribution >= 0.6 is 15.9 Å². The van der Waals surface area contributed by atoms with Crippen LogP contribution < -0.4 is 5.32 Å². The quantitative estimate of drug-likeness (QED) is 0.877. The molecule has 17 heavy (non-hydrogen) atoms. The maximum absolute atomic E-state index is 11.2. The van der Waals surface area contributed by atoms with Gasteiger partial charge < -0.3 is 10.4 Å². The van der Waals surface area contributed by atoms with Gasteiger partial charge in [-0.1, -0.05) is 20.3 Å². The third kappa shape index (κ3) is 3.70. The first-order valence-electron chi connectivity index (χ1n) is 5.57. The van der Waals surface area contributed by atoms with Gasteiger partial charge in [0.25, 0.3) is 0 Å². The summed E-state index contributed by atoms with van der Waals surface area (Å²) in [4.78, 5) is 15.3. The molecule has 0 aliphatic carbocycles. The molecular formula is C12H17BrN2O2. The van der Waals surface area contributed by atoms with Gasteiger partial charge in [0.05, 0.1) is 0 Å². The predicted molar refractivity (Wildman–Crippen MR) is 71.2 cm³/mol. The van der Waals surface area contributed by atoms with Crippen molar-refractivity contribution in [3.63, 3.8) is 0 Å². The van der Waals surface area contributed by atoms with Gasteiger partial charge in [-0.2, -0.15) is 0 Å². The zero-order valence-electron chi connectivity index (χ0n) is 10.2. The summed E-state index contributed by atoms with van der Waals surface area (Å²) in [7, 11) is 0. The number of aliphatic carboxylic acids is 1. The number of pyridine rings is 1. The Morgan fingerprint density at radius 3 is 2.76 bits per heavy atom. The highest BCUT2D eigenvalue weighted by molar-refractivity contribution is 9.10. The number of anilines is 1. The molecule has 1 rings (SSSR count). The van der Waals surface area contributed by atoms with E-state index in [-0.39, 0.29) is 5.92 Å². The molecule has 0 fully saturated rings. The molecule has 2 atom stereocenters. The molecule has 0 saturated heterocycles. The van der Waals surface area contributed by atoms with Gasteiger partial charge in [-0.3, -0.25) is 0 Å². The van der Waals surface area contributed by atoms with Gasteiger partial charge in [-0.05, 0) is 40.4 Å². The van der Waals surface area contributed by atoms with Gasteiger partial charge in [0, 0.05) is 10.7 Å². The van der Waals surface area contributed by atoms with Crippen LogP contribution in [0.25, 0.3) is 0 Å². The minimum Gasteiger partial charge on any atom is -0.480 e. The molecule has 1 heterocycles. The van der Waals surface area contributed by atoms with Crippen LogP contribution in [0.2, 0.25) is 0 Å². The predicted octanol–water partition coefficient (Wildman–Crippen LogP) is 3.06. The highest BCUT2D eigenvalue weighted by Gasteiger charge is 2.23. The van der Waals surface area contributed by atoms with Crippen molar-refractivity contribution < 1.29 is 9.90 Å². The second kappa shape index (κ2) is 6.00. The van der Waals surface area contributed by atoms with Crippen molar-refractivity contribution in [2.75, 3.05) is 5.32 Å². The maximum Gasteiger partial charge on any atom is 0.326 e. The van der Waals surface area contributed by atoms with Crippen LogP contribution in [0.4, 0.5) is 5.82 Å². The number of carboxylic acid groups (broad SMARTS) is 1. The number of aromatic nitrogens is 1. The van der Waals surface area contributed by atoms with Crippen molar-refractivity contribution in [2.45, 2.75) is 33.2 Å². The molecule has 4 nitrogen and oxygen atoms in total. The number of aryl methyl sites for hydroxylation is 1. The zero-order valence-corrected chi connectivity index (χ0v) is 11.8. The molecule has 94 valence electrons. The lowest BCUT2D eigenvalue weighted by Gasteiger charge is -2.20. The minimum absolute atomic E-state index is 0.0539. The Hall–Kier alpha value is -1.10. The van der Waals surface area contributed by atoms with E-state index in [0.717, 1.165) is 16.5 Å². The molecule has 0 aliphatic rings. The van der Waals surface area contributed by atoms with E-state index in [0.29, 0.717) is 5.82 Å². The Morgan fingerprint density at radius 2 is 2.29 bits per heavy atom. The second-order valence-electron chi connectivity index (χ2n) is 4.16. The molecule has 1 aromatic rings. The van der Waals surface area contributed by atoms with Crippen LogP contribution in [-0.2, 0) is 4.79 Å². The van der Waals surface area contributed by atoms with E-state index in [1.165, 1.54) is 0 Å². The lowest BCUT2D eigenvalue weighted by atomic mass is 9.99. The van der Waals surface area contributed by atoms with Crippen molar-refractivity contribution in [1.82, 2.24) is 4.98 Å². The van der Waals surface area contributed by atoms with Gasteiger partial charge in [0.15, 0.2) is 0 Å². The maximum atomic E-state index is 11.2. The van der Waals surface area contributed by atoms with E-state index < -0.39 is 12.0 Å². The van der Waals surface area contributed by atoms with Crippen LogP contribution in [0.15, 0.2) is 16.7 Å². The molecule has 1 aromatic heterocycles. The van der Waals surface area contributed by atoms with Gasteiger partial charge >= 0.3 is 5.97 Å². The fraction of sp³-hybridized carbons (Fsp3) is 0.500. The molecule has 5 heteroatoms. The Morgan fingerprint density at radius 1 is 1.65 bits per heavy atom. The first-order valence-corrected chi connectivity index (χ1v) is 6.36. The Balaban J connectivity index is 2.86. The summed E-state index contributed by atoms with van der Waals surface area (Å²) in [5.41, 5.74) is 1.02. The lowest BCUT2D eigenvalue weighted by molar-refractivity contribution is -0.139.